The second-order valence-electron chi connectivity index (χ2n) is 7.03. The van der Waals surface area contributed by atoms with E-state index in [1.54, 1.807) is 11.3 Å². The molecule has 0 bridgehead atoms. The van der Waals surface area contributed by atoms with E-state index in [9.17, 15) is 4.79 Å². The van der Waals surface area contributed by atoms with Crippen molar-refractivity contribution in [1.82, 2.24) is 20.5 Å². The van der Waals surface area contributed by atoms with Crippen molar-refractivity contribution in [2.45, 2.75) is 52.7 Å². The van der Waals surface area contributed by atoms with Gasteiger partial charge < -0.3 is 10.6 Å². The molecule has 1 aliphatic rings. The van der Waals surface area contributed by atoms with Crippen LogP contribution in [-0.4, -0.2) is 29.0 Å². The number of aryl methyl sites for hydroxylation is 2. The molecule has 0 spiro atoms. The summed E-state index contributed by atoms with van der Waals surface area (Å²) in [6.07, 6.45) is 2.61. The number of carbonyl (C=O) groups excluding carboxylic acids is 1. The molecule has 2 heterocycles. The van der Waals surface area contributed by atoms with Crippen molar-refractivity contribution in [2.24, 2.45) is 0 Å². The van der Waals surface area contributed by atoms with E-state index in [0.717, 1.165) is 27.7 Å². The molecule has 6 heteroatoms. The zero-order valence-corrected chi connectivity index (χ0v) is 16.7. The molecule has 0 unspecified atom stereocenters. The van der Waals surface area contributed by atoms with Gasteiger partial charge in [-0.1, -0.05) is 24.3 Å². The summed E-state index contributed by atoms with van der Waals surface area (Å²) in [7, 11) is 0. The Labute approximate surface area is 159 Å². The molecule has 3 rings (SSSR count). The first-order valence-corrected chi connectivity index (χ1v) is 10.1. The number of aromatic nitrogens is 1. The fraction of sp³-hybridized carbons (Fsp3) is 0.500. The number of nitrogens with one attached hydrogen (secondary N) is 2. The Balaban J connectivity index is 1.50. The first kappa shape index (κ1) is 18.9. The molecule has 2 N–H and O–H groups in total. The predicted octanol–water partition coefficient (Wildman–Crippen LogP) is 3.92. The van der Waals surface area contributed by atoms with E-state index < -0.39 is 0 Å². The molecule has 0 aliphatic carbocycles. The molecule has 2 aromatic rings. The van der Waals surface area contributed by atoms with Crippen LogP contribution in [0.3, 0.4) is 0 Å². The van der Waals surface area contributed by atoms with Crippen LogP contribution >= 0.6 is 11.3 Å². The maximum Gasteiger partial charge on any atom is 0.315 e. The van der Waals surface area contributed by atoms with Crippen LogP contribution in [0.2, 0.25) is 0 Å². The van der Waals surface area contributed by atoms with Gasteiger partial charge in [-0.05, 0) is 57.8 Å². The highest BCUT2D eigenvalue weighted by molar-refractivity contribution is 7.11. The summed E-state index contributed by atoms with van der Waals surface area (Å²) in [6, 6.07) is 8.31. The van der Waals surface area contributed by atoms with Crippen LogP contribution in [0.5, 0.6) is 0 Å². The number of amides is 2. The second kappa shape index (κ2) is 8.64. The fourth-order valence-electron chi connectivity index (χ4n) is 3.48. The third kappa shape index (κ3) is 5.05. The molecule has 1 aromatic carbocycles. The molecule has 0 saturated carbocycles. The van der Waals surface area contributed by atoms with Gasteiger partial charge in [-0.25, -0.2) is 9.78 Å². The molecular formula is C20H28N4OS. The molecule has 1 atom stereocenters. The standard InChI is InChI=1S/C20H28N4OS/c1-14-19(26-16(3)22-14)15(2)23-20(25)21-12-17-7-6-8-18(11-17)13-24-9-4-5-10-24/h6-8,11,15H,4-5,9-10,12-13H2,1-3H3,(H2,21,23,25)/t15-/m1/s1. The third-order valence-electron chi connectivity index (χ3n) is 4.73. The van der Waals surface area contributed by atoms with Crippen LogP contribution in [0.25, 0.3) is 0 Å². The minimum Gasteiger partial charge on any atom is -0.334 e. The van der Waals surface area contributed by atoms with Gasteiger partial charge in [0.25, 0.3) is 0 Å². The Hall–Kier alpha value is -1.92. The Morgan fingerprint density at radius 2 is 2.00 bits per heavy atom. The largest absolute Gasteiger partial charge is 0.334 e. The van der Waals surface area contributed by atoms with Gasteiger partial charge in [0.1, 0.15) is 0 Å². The summed E-state index contributed by atoms with van der Waals surface area (Å²) in [5.74, 6) is 0. The number of carbonyl (C=O) groups is 1. The maximum absolute atomic E-state index is 12.2. The quantitative estimate of drug-likeness (QED) is 0.808. The molecule has 140 valence electrons. The van der Waals surface area contributed by atoms with Crippen molar-refractivity contribution in [2.75, 3.05) is 13.1 Å². The number of nitrogens with zero attached hydrogens (tertiary/aromatic N) is 2. The molecule has 1 saturated heterocycles. The van der Waals surface area contributed by atoms with Crippen LogP contribution in [0.1, 0.15) is 52.5 Å². The van der Waals surface area contributed by atoms with E-state index >= 15 is 0 Å². The number of rotatable bonds is 6. The van der Waals surface area contributed by atoms with E-state index in [1.807, 2.05) is 20.8 Å². The van der Waals surface area contributed by atoms with E-state index in [1.165, 1.54) is 31.5 Å². The van der Waals surface area contributed by atoms with Gasteiger partial charge in [0.15, 0.2) is 0 Å². The van der Waals surface area contributed by atoms with E-state index in [4.69, 9.17) is 0 Å². The molecule has 26 heavy (non-hydrogen) atoms. The zero-order chi connectivity index (χ0) is 18.5. The number of benzene rings is 1. The fourth-order valence-corrected chi connectivity index (χ4v) is 4.41. The van der Waals surface area contributed by atoms with Gasteiger partial charge >= 0.3 is 6.03 Å². The molecule has 2 amide bonds. The molecule has 0 radical (unpaired) electrons. The number of likely N-dealkylation sites (tertiary alicyclic amines) is 1. The average molecular weight is 373 g/mol. The highest BCUT2D eigenvalue weighted by Crippen LogP contribution is 2.24. The number of hydrogen-bond acceptors (Lipinski definition) is 4. The number of hydrogen-bond donors (Lipinski definition) is 2. The van der Waals surface area contributed by atoms with Gasteiger partial charge in [0, 0.05) is 18.0 Å². The van der Waals surface area contributed by atoms with Crippen LogP contribution in [0, 0.1) is 13.8 Å². The summed E-state index contributed by atoms with van der Waals surface area (Å²) in [5, 5.41) is 7.00. The lowest BCUT2D eigenvalue weighted by Gasteiger charge is -2.16. The van der Waals surface area contributed by atoms with E-state index in [-0.39, 0.29) is 12.1 Å². The van der Waals surface area contributed by atoms with E-state index in [2.05, 4.69) is 44.8 Å². The van der Waals surface area contributed by atoms with Crippen molar-refractivity contribution < 1.29 is 4.79 Å². The molecular weight excluding hydrogens is 344 g/mol. The van der Waals surface area contributed by atoms with Gasteiger partial charge in [0.2, 0.25) is 0 Å². The monoisotopic (exact) mass is 372 g/mol. The predicted molar refractivity (Wildman–Crippen MR) is 106 cm³/mol. The minimum atomic E-state index is -0.145. The lowest BCUT2D eigenvalue weighted by Crippen LogP contribution is -2.36. The SMILES string of the molecule is Cc1nc(C)c([C@@H](C)NC(=O)NCc2cccc(CN3CCCC3)c2)s1. The van der Waals surface area contributed by atoms with Gasteiger partial charge in [-0.2, -0.15) is 0 Å². The Morgan fingerprint density at radius 3 is 2.69 bits per heavy atom. The van der Waals surface area contributed by atoms with Crippen molar-refractivity contribution in [1.29, 1.82) is 0 Å². The van der Waals surface area contributed by atoms with E-state index in [0.29, 0.717) is 6.54 Å². The van der Waals surface area contributed by atoms with Crippen molar-refractivity contribution >= 4 is 17.4 Å². The van der Waals surface area contributed by atoms with Gasteiger partial charge in [0.05, 0.1) is 16.7 Å². The van der Waals surface area contributed by atoms with Crippen LogP contribution in [-0.2, 0) is 13.1 Å². The highest BCUT2D eigenvalue weighted by atomic mass is 32.1. The highest BCUT2D eigenvalue weighted by Gasteiger charge is 2.15. The lowest BCUT2D eigenvalue weighted by atomic mass is 10.1. The van der Waals surface area contributed by atoms with Crippen molar-refractivity contribution in [3.8, 4) is 0 Å². The van der Waals surface area contributed by atoms with Crippen LogP contribution in [0.4, 0.5) is 4.79 Å². The summed E-state index contributed by atoms with van der Waals surface area (Å²) >= 11 is 1.64. The Bertz CT molecular complexity index is 752. The smallest absolute Gasteiger partial charge is 0.315 e. The zero-order valence-electron chi connectivity index (χ0n) is 15.8. The van der Waals surface area contributed by atoms with Gasteiger partial charge in [-0.3, -0.25) is 4.90 Å². The third-order valence-corrected chi connectivity index (χ3v) is 5.99. The first-order valence-electron chi connectivity index (χ1n) is 9.29. The topological polar surface area (TPSA) is 57.3 Å². The summed E-state index contributed by atoms with van der Waals surface area (Å²) in [5.41, 5.74) is 3.44. The second-order valence-corrected chi connectivity index (χ2v) is 8.27. The molecule has 5 nitrogen and oxygen atoms in total. The van der Waals surface area contributed by atoms with Crippen molar-refractivity contribution in [3.63, 3.8) is 0 Å². The molecule has 1 aromatic heterocycles. The van der Waals surface area contributed by atoms with Crippen LogP contribution in [0.15, 0.2) is 24.3 Å². The Morgan fingerprint density at radius 1 is 1.27 bits per heavy atom. The molecule has 1 fully saturated rings. The molecule has 1 aliphatic heterocycles. The lowest BCUT2D eigenvalue weighted by molar-refractivity contribution is 0.237. The van der Waals surface area contributed by atoms with Crippen LogP contribution < -0.4 is 10.6 Å². The minimum absolute atomic E-state index is 0.0392. The number of urea groups is 1. The summed E-state index contributed by atoms with van der Waals surface area (Å²) < 4.78 is 0. The first-order chi connectivity index (χ1) is 12.5. The maximum atomic E-state index is 12.2. The normalized spacial score (nSPS) is 15.8. The number of thiazole rings is 1. The summed E-state index contributed by atoms with van der Waals surface area (Å²) in [4.78, 5) is 20.3. The Kier molecular flexibility index (Phi) is 6.27. The van der Waals surface area contributed by atoms with Gasteiger partial charge in [-0.15, -0.1) is 11.3 Å². The average Bonchev–Trinajstić information content (AvgIpc) is 3.22. The summed E-state index contributed by atoms with van der Waals surface area (Å²) in [6.45, 7) is 9.90. The van der Waals surface area contributed by atoms with Crippen molar-refractivity contribution in [3.05, 3.63) is 51.0 Å².